The zero-order chi connectivity index (χ0) is 52.4. The Hall–Kier alpha value is -2.73. The summed E-state index contributed by atoms with van der Waals surface area (Å²) in [5.41, 5.74) is -0.122. The lowest BCUT2D eigenvalue weighted by molar-refractivity contribution is -0.301. The van der Waals surface area contributed by atoms with Crippen LogP contribution >= 0.6 is 0 Å². The van der Waals surface area contributed by atoms with E-state index in [1.54, 1.807) is 0 Å². The number of nitrogens with zero attached hydrogens (tertiary/aromatic N) is 3. The van der Waals surface area contributed by atoms with Crippen LogP contribution in [0.5, 0.6) is 0 Å². The molecule has 1 aliphatic rings. The van der Waals surface area contributed by atoms with Gasteiger partial charge in [0.05, 0.1) is 38.6 Å². The molecule has 0 aromatic carbocycles. The third-order valence-electron chi connectivity index (χ3n) is 14.4. The molecule has 0 aliphatic carbocycles. The second kappa shape index (κ2) is 43.5. The van der Waals surface area contributed by atoms with Crippen LogP contribution in [0.4, 0.5) is 0 Å². The van der Waals surface area contributed by atoms with Crippen molar-refractivity contribution in [3.05, 3.63) is 11.9 Å². The van der Waals surface area contributed by atoms with Crippen molar-refractivity contribution >= 4 is 17.8 Å². The first-order chi connectivity index (χ1) is 35.0. The Balaban J connectivity index is 1.77. The standard InChI is InChI=1S/C56H105N5O11/c1-4-6-8-10-12-14-16-18-19-20-21-22-23-24-25-26-27-28-30-32-34-36-38-40-49(63)58-46(51(65)47(62)39-37-35-33-31-29-17-15-13-11-9-7-5-2)44-71-56-54(68)53(67)52(66)48(72-56)43-61-42-45(59-60-61)55(69)57-41-50(64)70-3/h42,46-48,51-54,56,62,65-68H,4-41,43-44H2,1-3H3,(H,57,69)(H,58,63)/t46-,47+,48+,51-,52-,53-,54+,56-/m0/s1. The highest BCUT2D eigenvalue weighted by Gasteiger charge is 2.45. The number of rotatable bonds is 48. The monoisotopic (exact) mass is 1020 g/mol. The lowest BCUT2D eigenvalue weighted by Crippen LogP contribution is -2.60. The molecular formula is C56H105N5O11. The molecule has 0 bridgehead atoms. The molecule has 2 amide bonds. The van der Waals surface area contributed by atoms with Crippen LogP contribution in [-0.2, 0) is 30.3 Å². The molecule has 16 heteroatoms. The summed E-state index contributed by atoms with van der Waals surface area (Å²) < 4.78 is 17.5. The Morgan fingerprint density at radius 3 is 1.50 bits per heavy atom. The van der Waals surface area contributed by atoms with Gasteiger partial charge in [0.15, 0.2) is 12.0 Å². The van der Waals surface area contributed by atoms with Crippen LogP contribution < -0.4 is 10.6 Å². The summed E-state index contributed by atoms with van der Waals surface area (Å²) in [6.07, 6.45) is 35.3. The van der Waals surface area contributed by atoms with Gasteiger partial charge in [0.25, 0.3) is 5.91 Å². The van der Waals surface area contributed by atoms with Crippen LogP contribution in [0.2, 0.25) is 0 Å². The third-order valence-corrected chi connectivity index (χ3v) is 14.4. The molecule has 0 unspecified atom stereocenters. The van der Waals surface area contributed by atoms with E-state index < -0.39 is 60.8 Å². The molecule has 0 radical (unpaired) electrons. The van der Waals surface area contributed by atoms with Crippen LogP contribution in [0.3, 0.4) is 0 Å². The van der Waals surface area contributed by atoms with E-state index in [9.17, 15) is 39.9 Å². The molecule has 0 spiro atoms. The maximum absolute atomic E-state index is 13.3. The minimum Gasteiger partial charge on any atom is -0.468 e. The SMILES string of the molecule is CCCCCCCCCCCCCCCCCCCCCCCCCC(=O)N[C@@H](CO[C@H]1O[C@H](Cn2cc(C(=O)NCC(=O)OC)nn2)[C@H](O)[C@H](O)[C@H]1O)[C@H](O)[C@H](O)CCCCCCCCCCCCCC. The number of esters is 1. The quantitative estimate of drug-likeness (QED) is 0.0238. The van der Waals surface area contributed by atoms with E-state index in [0.717, 1.165) is 38.5 Å². The summed E-state index contributed by atoms with van der Waals surface area (Å²) in [7, 11) is 1.19. The van der Waals surface area contributed by atoms with Gasteiger partial charge in [0.1, 0.15) is 37.1 Å². The lowest BCUT2D eigenvalue weighted by Gasteiger charge is -2.40. The van der Waals surface area contributed by atoms with Crippen molar-refractivity contribution in [3.8, 4) is 0 Å². The highest BCUT2D eigenvalue weighted by Crippen LogP contribution is 2.25. The van der Waals surface area contributed by atoms with Crippen LogP contribution in [0.15, 0.2) is 6.20 Å². The molecule has 2 heterocycles. The van der Waals surface area contributed by atoms with E-state index in [2.05, 4.69) is 39.5 Å². The third kappa shape index (κ3) is 31.2. The number of amides is 2. The van der Waals surface area contributed by atoms with Crippen LogP contribution in [0.25, 0.3) is 0 Å². The Bertz CT molecular complexity index is 1470. The van der Waals surface area contributed by atoms with E-state index in [1.165, 1.54) is 191 Å². The van der Waals surface area contributed by atoms with Gasteiger partial charge >= 0.3 is 5.97 Å². The number of unbranched alkanes of at least 4 members (excludes halogenated alkanes) is 33. The number of hydrogen-bond acceptors (Lipinski definition) is 13. The Morgan fingerprint density at radius 1 is 0.625 bits per heavy atom. The fourth-order valence-corrected chi connectivity index (χ4v) is 9.60. The number of methoxy groups -OCH3 is 1. The summed E-state index contributed by atoms with van der Waals surface area (Å²) in [5, 5.41) is 67.9. The largest absolute Gasteiger partial charge is 0.468 e. The molecule has 420 valence electrons. The number of carbonyl (C=O) groups is 3. The molecular weight excluding hydrogens is 919 g/mol. The molecule has 1 aromatic rings. The van der Waals surface area contributed by atoms with Gasteiger partial charge in [-0.15, -0.1) is 5.10 Å². The Labute approximate surface area is 435 Å². The number of carbonyl (C=O) groups excluding carboxylic acids is 3. The first-order valence-electron chi connectivity index (χ1n) is 29.2. The molecule has 1 aliphatic heterocycles. The zero-order valence-electron chi connectivity index (χ0n) is 45.5. The molecule has 16 nitrogen and oxygen atoms in total. The fraction of sp³-hybridized carbons (Fsp3) is 0.911. The zero-order valence-corrected chi connectivity index (χ0v) is 45.5. The van der Waals surface area contributed by atoms with Gasteiger partial charge in [-0.2, -0.15) is 0 Å². The van der Waals surface area contributed by atoms with Crippen molar-refractivity contribution in [2.24, 2.45) is 0 Å². The average Bonchev–Trinajstić information content (AvgIpc) is 3.86. The normalized spacial score (nSPS) is 19.2. The number of ether oxygens (including phenoxy) is 3. The van der Waals surface area contributed by atoms with E-state index in [1.807, 2.05) is 0 Å². The van der Waals surface area contributed by atoms with Crippen molar-refractivity contribution in [3.63, 3.8) is 0 Å². The minimum absolute atomic E-state index is 0.122. The van der Waals surface area contributed by atoms with E-state index in [4.69, 9.17) is 9.47 Å². The minimum atomic E-state index is -1.70. The van der Waals surface area contributed by atoms with Gasteiger partial charge in [0.2, 0.25) is 5.91 Å². The molecule has 1 saturated heterocycles. The number of aliphatic hydroxyl groups is 5. The number of aromatic nitrogens is 3. The summed E-state index contributed by atoms with van der Waals surface area (Å²) in [4.78, 5) is 37.1. The van der Waals surface area contributed by atoms with Gasteiger partial charge < -0.3 is 50.4 Å². The van der Waals surface area contributed by atoms with E-state index >= 15 is 0 Å². The predicted octanol–water partition coefficient (Wildman–Crippen LogP) is 9.69. The highest BCUT2D eigenvalue weighted by molar-refractivity contribution is 5.93. The first-order valence-corrected chi connectivity index (χ1v) is 29.2. The van der Waals surface area contributed by atoms with Gasteiger partial charge in [0, 0.05) is 6.42 Å². The van der Waals surface area contributed by atoms with Gasteiger partial charge in [-0.05, 0) is 12.8 Å². The van der Waals surface area contributed by atoms with Crippen molar-refractivity contribution in [2.45, 2.75) is 307 Å². The van der Waals surface area contributed by atoms with Crippen molar-refractivity contribution in [1.29, 1.82) is 0 Å². The highest BCUT2D eigenvalue weighted by atomic mass is 16.7. The molecule has 8 atom stereocenters. The number of hydrogen-bond donors (Lipinski definition) is 7. The van der Waals surface area contributed by atoms with Crippen molar-refractivity contribution in [2.75, 3.05) is 20.3 Å². The average molecular weight is 1020 g/mol. The molecule has 1 fully saturated rings. The Kier molecular flexibility index (Phi) is 39.5. The van der Waals surface area contributed by atoms with Gasteiger partial charge in [-0.1, -0.05) is 237 Å². The predicted molar refractivity (Wildman–Crippen MR) is 283 cm³/mol. The summed E-state index contributed by atoms with van der Waals surface area (Å²) in [6, 6.07) is -1.06. The van der Waals surface area contributed by atoms with Gasteiger partial charge in [-0.3, -0.25) is 14.4 Å². The summed E-state index contributed by atoms with van der Waals surface area (Å²) >= 11 is 0. The fourth-order valence-electron chi connectivity index (χ4n) is 9.60. The maximum Gasteiger partial charge on any atom is 0.325 e. The Morgan fingerprint density at radius 2 is 1.06 bits per heavy atom. The first kappa shape index (κ1) is 65.4. The summed E-state index contributed by atoms with van der Waals surface area (Å²) in [6.45, 7) is 3.56. The number of aliphatic hydroxyl groups excluding tert-OH is 5. The van der Waals surface area contributed by atoms with Crippen LogP contribution in [0.1, 0.15) is 262 Å². The maximum atomic E-state index is 13.3. The van der Waals surface area contributed by atoms with Crippen LogP contribution in [0, 0.1) is 0 Å². The van der Waals surface area contributed by atoms with E-state index in [-0.39, 0.29) is 37.7 Å². The molecule has 7 N–H and O–H groups in total. The second-order valence-corrected chi connectivity index (χ2v) is 20.9. The molecule has 2 rings (SSSR count). The van der Waals surface area contributed by atoms with Crippen molar-refractivity contribution in [1.82, 2.24) is 25.6 Å². The van der Waals surface area contributed by atoms with Gasteiger partial charge in [-0.25, -0.2) is 4.68 Å². The topological polar surface area (TPSA) is 235 Å². The number of nitrogens with one attached hydrogen (secondary N) is 2. The second-order valence-electron chi connectivity index (χ2n) is 20.9. The molecule has 72 heavy (non-hydrogen) atoms. The van der Waals surface area contributed by atoms with Crippen LogP contribution in [-0.4, -0.2) is 128 Å². The molecule has 0 saturated carbocycles. The molecule has 1 aromatic heterocycles. The van der Waals surface area contributed by atoms with E-state index in [0.29, 0.717) is 19.3 Å². The smallest absolute Gasteiger partial charge is 0.325 e. The van der Waals surface area contributed by atoms with Crippen molar-refractivity contribution < 1.29 is 54.1 Å². The lowest BCUT2D eigenvalue weighted by atomic mass is 9.98. The summed E-state index contributed by atoms with van der Waals surface area (Å²) in [5.74, 6) is -1.63.